The van der Waals surface area contributed by atoms with E-state index in [-0.39, 0.29) is 0 Å². The zero-order valence-corrected chi connectivity index (χ0v) is 16.3. The average molecular weight is 352 g/mol. The Bertz CT molecular complexity index is 439. The first kappa shape index (κ1) is 21.0. The van der Waals surface area contributed by atoms with Crippen LogP contribution in [0.15, 0.2) is 0 Å². The predicted octanol–water partition coefficient (Wildman–Crippen LogP) is 7.44. The lowest BCUT2D eigenvalue weighted by atomic mass is 10.0. The summed E-state index contributed by atoms with van der Waals surface area (Å²) in [5.41, 5.74) is 0. The molecular weight excluding hydrogens is 316 g/mol. The number of diazo groups is 1. The quantitative estimate of drug-likeness (QED) is 0.230. The zero-order valence-electron chi connectivity index (χ0n) is 15.5. The molecule has 0 atom stereocenters. The van der Waals surface area contributed by atoms with E-state index in [0.29, 0.717) is 5.13 Å². The average Bonchev–Trinajstić information content (AvgIpc) is 3.06. The second-order valence-corrected chi connectivity index (χ2v) is 7.82. The maximum absolute atomic E-state index is 8.59. The summed E-state index contributed by atoms with van der Waals surface area (Å²) in [6.45, 7) is 2.28. The van der Waals surface area contributed by atoms with Crippen molar-refractivity contribution in [2.24, 2.45) is 0 Å². The van der Waals surface area contributed by atoms with Gasteiger partial charge in [0.25, 0.3) is 0 Å². The molecule has 5 heteroatoms. The molecule has 0 radical (unpaired) electrons. The standard InChI is InChI=1S/C19H35N4S/c1-2-3-4-5-6-7-8-9-10-11-12-13-14-15-16-17-18-22-23-19(21-20)24-18/h2-17H2,1H3/q+1. The lowest BCUT2D eigenvalue weighted by molar-refractivity contribution is 0.532. The van der Waals surface area contributed by atoms with Crippen LogP contribution >= 0.6 is 11.3 Å². The minimum atomic E-state index is 0.367. The van der Waals surface area contributed by atoms with Crippen LogP contribution in [0.25, 0.3) is 4.98 Å². The van der Waals surface area contributed by atoms with Crippen molar-refractivity contribution in [2.75, 3.05) is 0 Å². The number of nitrogens with zero attached hydrogens (tertiary/aromatic N) is 4. The second-order valence-electron chi connectivity index (χ2n) is 6.78. The van der Waals surface area contributed by atoms with Gasteiger partial charge in [-0.1, -0.05) is 96.8 Å². The van der Waals surface area contributed by atoms with Crippen LogP contribution in [0.5, 0.6) is 0 Å². The van der Waals surface area contributed by atoms with E-state index in [1.165, 1.54) is 101 Å². The molecule has 0 aliphatic heterocycles. The van der Waals surface area contributed by atoms with Crippen LogP contribution in [0, 0.1) is 5.39 Å². The maximum Gasteiger partial charge on any atom is 0.548 e. The van der Waals surface area contributed by atoms with Gasteiger partial charge < -0.3 is 0 Å². The molecule has 0 aromatic carbocycles. The molecule has 0 bridgehead atoms. The molecular formula is C19H35N4S+. The summed E-state index contributed by atoms with van der Waals surface area (Å²) < 4.78 is 0. The highest BCUT2D eigenvalue weighted by atomic mass is 32.1. The van der Waals surface area contributed by atoms with Crippen LogP contribution in [0.1, 0.15) is 108 Å². The van der Waals surface area contributed by atoms with Crippen LogP contribution in [-0.2, 0) is 6.42 Å². The van der Waals surface area contributed by atoms with Crippen LogP contribution < -0.4 is 0 Å². The van der Waals surface area contributed by atoms with Gasteiger partial charge in [0.05, 0.1) is 5.39 Å². The van der Waals surface area contributed by atoms with Crippen LogP contribution in [-0.4, -0.2) is 10.2 Å². The molecule has 0 saturated carbocycles. The lowest BCUT2D eigenvalue weighted by Gasteiger charge is -2.03. The predicted molar refractivity (Wildman–Crippen MR) is 103 cm³/mol. The molecule has 0 unspecified atom stereocenters. The summed E-state index contributed by atoms with van der Waals surface area (Å²) >= 11 is 1.38. The van der Waals surface area contributed by atoms with E-state index in [4.69, 9.17) is 5.39 Å². The highest BCUT2D eigenvalue weighted by Crippen LogP contribution is 2.20. The normalized spacial score (nSPS) is 10.8. The minimum absolute atomic E-state index is 0.367. The van der Waals surface area contributed by atoms with E-state index in [0.717, 1.165) is 17.8 Å². The zero-order chi connectivity index (χ0) is 17.3. The number of unbranched alkanes of at least 4 members (excludes halogenated alkanes) is 14. The molecule has 1 rings (SSSR count). The van der Waals surface area contributed by atoms with Gasteiger partial charge in [-0.05, 0) is 22.9 Å². The van der Waals surface area contributed by atoms with Crippen LogP contribution in [0.4, 0.5) is 5.13 Å². The van der Waals surface area contributed by atoms with Crippen molar-refractivity contribution in [3.8, 4) is 0 Å². The van der Waals surface area contributed by atoms with Gasteiger partial charge in [-0.2, -0.15) is 0 Å². The van der Waals surface area contributed by atoms with Gasteiger partial charge in [0.1, 0.15) is 10.1 Å². The summed E-state index contributed by atoms with van der Waals surface area (Å²) in [6.07, 6.45) is 21.7. The molecule has 1 heterocycles. The van der Waals surface area contributed by atoms with E-state index in [9.17, 15) is 0 Å². The van der Waals surface area contributed by atoms with Crippen molar-refractivity contribution in [1.82, 2.24) is 10.2 Å². The Labute approximate surface area is 152 Å². The number of rotatable bonds is 16. The Kier molecular flexibility index (Phi) is 13.6. The number of hydrogen-bond donors (Lipinski definition) is 0. The first-order valence-corrected chi connectivity index (χ1v) is 10.9. The third-order valence-corrected chi connectivity index (χ3v) is 5.40. The Morgan fingerprint density at radius 1 is 0.708 bits per heavy atom. The molecule has 1 aromatic heterocycles. The molecule has 0 saturated heterocycles. The Morgan fingerprint density at radius 3 is 1.58 bits per heavy atom. The summed E-state index contributed by atoms with van der Waals surface area (Å²) in [4.78, 5) is 3.06. The van der Waals surface area contributed by atoms with Gasteiger partial charge in [0.2, 0.25) is 0 Å². The topological polar surface area (TPSA) is 53.9 Å². The molecule has 0 aliphatic carbocycles. The van der Waals surface area contributed by atoms with Gasteiger partial charge in [-0.15, -0.1) is 0 Å². The van der Waals surface area contributed by atoms with E-state index in [1.54, 1.807) is 0 Å². The van der Waals surface area contributed by atoms with Crippen molar-refractivity contribution in [3.05, 3.63) is 9.98 Å². The summed E-state index contributed by atoms with van der Waals surface area (Å²) in [7, 11) is 0. The monoisotopic (exact) mass is 351 g/mol. The van der Waals surface area contributed by atoms with Crippen molar-refractivity contribution < 1.29 is 0 Å². The van der Waals surface area contributed by atoms with Crippen molar-refractivity contribution in [2.45, 2.75) is 110 Å². The van der Waals surface area contributed by atoms with Crippen LogP contribution in [0.3, 0.4) is 0 Å². The number of aryl methyl sites for hydroxylation is 1. The van der Waals surface area contributed by atoms with E-state index >= 15 is 0 Å². The molecule has 0 spiro atoms. The second kappa shape index (κ2) is 15.5. The molecule has 0 fully saturated rings. The van der Waals surface area contributed by atoms with Crippen LogP contribution in [0.2, 0.25) is 0 Å². The third kappa shape index (κ3) is 11.5. The van der Waals surface area contributed by atoms with Gasteiger partial charge >= 0.3 is 5.13 Å². The maximum atomic E-state index is 8.59. The smallest absolute Gasteiger partial charge is 0.0654 e. The fraction of sp³-hybridized carbons (Fsp3) is 0.895. The SMILES string of the molecule is CCCCCCCCCCCCCCCCCc1nnc([N+]#N)s1. The van der Waals surface area contributed by atoms with E-state index in [2.05, 4.69) is 22.1 Å². The fourth-order valence-corrected chi connectivity index (χ4v) is 3.70. The van der Waals surface area contributed by atoms with Crippen molar-refractivity contribution >= 4 is 16.5 Å². The summed E-state index contributed by atoms with van der Waals surface area (Å²) in [5.74, 6) is 0. The Hall–Kier alpha value is -1.02. The van der Waals surface area contributed by atoms with E-state index < -0.39 is 0 Å². The van der Waals surface area contributed by atoms with Gasteiger partial charge in [0.15, 0.2) is 0 Å². The highest BCUT2D eigenvalue weighted by molar-refractivity contribution is 7.15. The molecule has 4 nitrogen and oxygen atoms in total. The first-order chi connectivity index (χ1) is 11.9. The largest absolute Gasteiger partial charge is 0.548 e. The fourth-order valence-electron chi connectivity index (χ4n) is 3.03. The molecule has 24 heavy (non-hydrogen) atoms. The molecule has 0 N–H and O–H groups in total. The van der Waals surface area contributed by atoms with Gasteiger partial charge in [0, 0.05) is 11.4 Å². The summed E-state index contributed by atoms with van der Waals surface area (Å²) in [6, 6.07) is 0. The van der Waals surface area contributed by atoms with Gasteiger partial charge in [-0.25, -0.2) is 0 Å². The Morgan fingerprint density at radius 2 is 1.17 bits per heavy atom. The third-order valence-electron chi connectivity index (χ3n) is 4.54. The Balaban J connectivity index is 1.75. The van der Waals surface area contributed by atoms with Crippen molar-refractivity contribution in [3.63, 3.8) is 0 Å². The minimum Gasteiger partial charge on any atom is -0.0654 e. The molecule has 0 aliphatic rings. The number of hydrogen-bond acceptors (Lipinski definition) is 4. The first-order valence-electron chi connectivity index (χ1n) is 10.0. The van der Waals surface area contributed by atoms with E-state index in [1.807, 2.05) is 0 Å². The highest BCUT2D eigenvalue weighted by Gasteiger charge is 2.13. The molecule has 0 amide bonds. The summed E-state index contributed by atoms with van der Waals surface area (Å²) in [5, 5.41) is 17.7. The van der Waals surface area contributed by atoms with Crippen molar-refractivity contribution in [1.29, 1.82) is 5.39 Å². The van der Waals surface area contributed by atoms with Gasteiger partial charge in [-0.3, -0.25) is 0 Å². The lowest BCUT2D eigenvalue weighted by Crippen LogP contribution is -1.86. The molecule has 1 aromatic rings. The molecule has 136 valence electrons. The number of aromatic nitrogens is 2.